The fourth-order valence-corrected chi connectivity index (χ4v) is 4.01. The molecule has 1 saturated heterocycles. The number of nitrogens with zero attached hydrogens (tertiary/aromatic N) is 3. The number of ether oxygens (including phenoxy) is 1. The van der Waals surface area contributed by atoms with Crippen LogP contribution in [0.15, 0.2) is 72.8 Å². The Kier molecular flexibility index (Phi) is 7.86. The highest BCUT2D eigenvalue weighted by molar-refractivity contribution is 6.30. The van der Waals surface area contributed by atoms with Crippen LogP contribution in [0.25, 0.3) is 0 Å². The van der Waals surface area contributed by atoms with Gasteiger partial charge < -0.3 is 19.9 Å². The van der Waals surface area contributed by atoms with Crippen molar-refractivity contribution < 1.29 is 14.3 Å². The topological polar surface area (TPSA) is 85.7 Å². The molecular formula is C27H25ClN4O3. The minimum absolute atomic E-state index is 0.0690. The van der Waals surface area contributed by atoms with Crippen LogP contribution < -0.4 is 15.0 Å². The van der Waals surface area contributed by atoms with Crippen molar-refractivity contribution in [3.8, 4) is 11.8 Å². The summed E-state index contributed by atoms with van der Waals surface area (Å²) in [5, 5.41) is 12.6. The summed E-state index contributed by atoms with van der Waals surface area (Å²) in [6.45, 7) is 2.76. The number of nitrogens with one attached hydrogen (secondary N) is 1. The number of anilines is 1. The largest absolute Gasteiger partial charge is 0.489 e. The molecule has 1 fully saturated rings. The Morgan fingerprint density at radius 3 is 2.46 bits per heavy atom. The van der Waals surface area contributed by atoms with Gasteiger partial charge in [-0.2, -0.15) is 5.26 Å². The quantitative estimate of drug-likeness (QED) is 0.545. The number of carbonyl (C=O) groups excluding carboxylic acids is 2. The number of hydrogen-bond acceptors (Lipinski definition) is 5. The molecule has 3 aromatic rings. The first-order valence-corrected chi connectivity index (χ1v) is 11.7. The standard InChI is InChI=1S/C27H25ClN4O3/c28-23-8-10-24(11-9-23)31-12-14-32(15-13-31)26(33)18-30-27(34)20-6-3-7-25(16-20)35-19-22-5-2-1-4-21(22)17-29/h1-11,16H,12-15,18-19H2,(H,30,34). The van der Waals surface area contributed by atoms with Crippen LogP contribution in [0.4, 0.5) is 5.69 Å². The molecule has 7 nitrogen and oxygen atoms in total. The summed E-state index contributed by atoms with van der Waals surface area (Å²) in [5.41, 5.74) is 2.80. The number of nitriles is 1. The van der Waals surface area contributed by atoms with Crippen LogP contribution in [0, 0.1) is 11.3 Å². The molecule has 0 aliphatic carbocycles. The van der Waals surface area contributed by atoms with Crippen molar-refractivity contribution >= 4 is 29.1 Å². The van der Waals surface area contributed by atoms with Gasteiger partial charge in [-0.15, -0.1) is 0 Å². The lowest BCUT2D eigenvalue weighted by molar-refractivity contribution is -0.130. The molecule has 0 saturated carbocycles. The molecule has 0 aromatic heterocycles. The van der Waals surface area contributed by atoms with Gasteiger partial charge in [-0.25, -0.2) is 0 Å². The molecular weight excluding hydrogens is 464 g/mol. The smallest absolute Gasteiger partial charge is 0.251 e. The van der Waals surface area contributed by atoms with Crippen LogP contribution in [-0.2, 0) is 11.4 Å². The summed E-state index contributed by atoms with van der Waals surface area (Å²) >= 11 is 5.96. The number of amides is 2. The Labute approximate surface area is 209 Å². The summed E-state index contributed by atoms with van der Waals surface area (Å²) in [6.07, 6.45) is 0. The van der Waals surface area contributed by atoms with Crippen molar-refractivity contribution in [2.24, 2.45) is 0 Å². The average Bonchev–Trinajstić information content (AvgIpc) is 2.91. The summed E-state index contributed by atoms with van der Waals surface area (Å²) in [4.78, 5) is 29.2. The van der Waals surface area contributed by atoms with Gasteiger partial charge in [0.1, 0.15) is 12.4 Å². The highest BCUT2D eigenvalue weighted by Crippen LogP contribution is 2.20. The van der Waals surface area contributed by atoms with Gasteiger partial charge in [-0.1, -0.05) is 35.9 Å². The minimum Gasteiger partial charge on any atom is -0.489 e. The number of piperazine rings is 1. The molecule has 0 spiro atoms. The minimum atomic E-state index is -0.346. The lowest BCUT2D eigenvalue weighted by Crippen LogP contribution is -2.51. The summed E-state index contributed by atoms with van der Waals surface area (Å²) in [6, 6.07) is 23.8. The van der Waals surface area contributed by atoms with E-state index in [0.717, 1.165) is 24.3 Å². The van der Waals surface area contributed by atoms with Crippen LogP contribution in [0.3, 0.4) is 0 Å². The Balaban J connectivity index is 1.26. The fourth-order valence-electron chi connectivity index (χ4n) is 3.88. The van der Waals surface area contributed by atoms with Gasteiger partial charge in [0.2, 0.25) is 5.91 Å². The monoisotopic (exact) mass is 488 g/mol. The summed E-state index contributed by atoms with van der Waals surface area (Å²) < 4.78 is 5.78. The predicted octanol–water partition coefficient (Wildman–Crippen LogP) is 3.87. The van der Waals surface area contributed by atoms with E-state index in [1.54, 1.807) is 41.3 Å². The van der Waals surface area contributed by atoms with Crippen LogP contribution in [-0.4, -0.2) is 49.4 Å². The molecule has 4 rings (SSSR count). The Morgan fingerprint density at radius 2 is 1.71 bits per heavy atom. The lowest BCUT2D eigenvalue weighted by atomic mass is 10.1. The molecule has 1 heterocycles. The van der Waals surface area contributed by atoms with Gasteiger partial charge in [0.05, 0.1) is 18.2 Å². The van der Waals surface area contributed by atoms with Crippen molar-refractivity contribution in [3.63, 3.8) is 0 Å². The second kappa shape index (κ2) is 11.4. The third-order valence-electron chi connectivity index (χ3n) is 5.85. The number of benzene rings is 3. The van der Waals surface area contributed by atoms with E-state index in [0.29, 0.717) is 35.0 Å². The van der Waals surface area contributed by atoms with E-state index in [4.69, 9.17) is 16.3 Å². The van der Waals surface area contributed by atoms with Gasteiger partial charge in [-0.05, 0) is 48.5 Å². The van der Waals surface area contributed by atoms with Crippen molar-refractivity contribution in [3.05, 3.63) is 94.5 Å². The molecule has 1 N–H and O–H groups in total. The third-order valence-corrected chi connectivity index (χ3v) is 6.10. The van der Waals surface area contributed by atoms with E-state index in [2.05, 4.69) is 16.3 Å². The molecule has 1 aliphatic heterocycles. The molecule has 0 bridgehead atoms. The van der Waals surface area contributed by atoms with Gasteiger partial charge in [0.15, 0.2) is 0 Å². The molecule has 0 unspecified atom stereocenters. The molecule has 0 radical (unpaired) electrons. The van der Waals surface area contributed by atoms with Crippen LogP contribution >= 0.6 is 11.6 Å². The van der Waals surface area contributed by atoms with Crippen molar-refractivity contribution in [1.29, 1.82) is 5.26 Å². The van der Waals surface area contributed by atoms with E-state index < -0.39 is 0 Å². The average molecular weight is 489 g/mol. The number of halogens is 1. The number of rotatable bonds is 7. The maximum atomic E-state index is 12.6. The molecule has 0 atom stereocenters. The first-order valence-electron chi connectivity index (χ1n) is 11.3. The van der Waals surface area contributed by atoms with E-state index >= 15 is 0 Å². The van der Waals surface area contributed by atoms with Crippen molar-refractivity contribution in [2.45, 2.75) is 6.61 Å². The highest BCUT2D eigenvalue weighted by atomic mass is 35.5. The molecule has 1 aliphatic rings. The van der Waals surface area contributed by atoms with E-state index in [9.17, 15) is 14.9 Å². The van der Waals surface area contributed by atoms with Crippen molar-refractivity contribution in [2.75, 3.05) is 37.6 Å². The maximum absolute atomic E-state index is 12.6. The van der Waals surface area contributed by atoms with Gasteiger partial charge in [-0.3, -0.25) is 9.59 Å². The van der Waals surface area contributed by atoms with E-state index in [1.165, 1.54) is 0 Å². The Bertz CT molecular complexity index is 1230. The zero-order valence-corrected chi connectivity index (χ0v) is 19.9. The first-order chi connectivity index (χ1) is 17.0. The molecule has 178 valence electrons. The normalized spacial score (nSPS) is 13.1. The number of carbonyl (C=O) groups is 2. The number of hydrogen-bond donors (Lipinski definition) is 1. The zero-order chi connectivity index (χ0) is 24.6. The molecule has 8 heteroatoms. The lowest BCUT2D eigenvalue weighted by Gasteiger charge is -2.36. The van der Waals surface area contributed by atoms with Crippen LogP contribution in [0.2, 0.25) is 5.02 Å². The molecule has 3 aromatic carbocycles. The Hall–Kier alpha value is -4.02. The summed E-state index contributed by atoms with van der Waals surface area (Å²) in [5.74, 6) is 0.0469. The van der Waals surface area contributed by atoms with Gasteiger partial charge in [0.25, 0.3) is 5.91 Å². The van der Waals surface area contributed by atoms with Crippen LogP contribution in [0.1, 0.15) is 21.5 Å². The van der Waals surface area contributed by atoms with E-state index in [1.807, 2.05) is 36.4 Å². The third kappa shape index (κ3) is 6.31. The van der Waals surface area contributed by atoms with Crippen LogP contribution in [0.5, 0.6) is 5.75 Å². The predicted molar refractivity (Wildman–Crippen MR) is 135 cm³/mol. The fraction of sp³-hybridized carbons (Fsp3) is 0.222. The highest BCUT2D eigenvalue weighted by Gasteiger charge is 2.21. The van der Waals surface area contributed by atoms with Gasteiger partial charge in [0, 0.05) is 48.0 Å². The second-order valence-electron chi connectivity index (χ2n) is 8.11. The Morgan fingerprint density at radius 1 is 0.971 bits per heavy atom. The SMILES string of the molecule is N#Cc1ccccc1COc1cccc(C(=O)NCC(=O)N2CCN(c3ccc(Cl)cc3)CC2)c1. The van der Waals surface area contributed by atoms with Crippen molar-refractivity contribution in [1.82, 2.24) is 10.2 Å². The zero-order valence-electron chi connectivity index (χ0n) is 19.1. The van der Waals surface area contributed by atoms with E-state index in [-0.39, 0.29) is 25.0 Å². The molecule has 35 heavy (non-hydrogen) atoms. The molecule has 2 amide bonds. The summed E-state index contributed by atoms with van der Waals surface area (Å²) in [7, 11) is 0. The van der Waals surface area contributed by atoms with Gasteiger partial charge >= 0.3 is 0 Å². The second-order valence-corrected chi connectivity index (χ2v) is 8.55. The maximum Gasteiger partial charge on any atom is 0.251 e. The first kappa shape index (κ1) is 24.1.